The van der Waals surface area contributed by atoms with Gasteiger partial charge < -0.3 is 10.5 Å². The Balaban J connectivity index is 2.96. The number of ether oxygens (including phenoxy) is 1. The number of hydrogen-bond acceptors (Lipinski definition) is 3. The van der Waals surface area contributed by atoms with E-state index >= 15 is 0 Å². The first kappa shape index (κ1) is 18.1. The van der Waals surface area contributed by atoms with Gasteiger partial charge in [0.25, 0.3) is 0 Å². The minimum atomic E-state index is -0.207. The summed E-state index contributed by atoms with van der Waals surface area (Å²) in [6.45, 7) is 8.55. The van der Waals surface area contributed by atoms with Crippen LogP contribution in [0.2, 0.25) is 0 Å². The fourth-order valence-corrected chi connectivity index (χ4v) is 2.81. The summed E-state index contributed by atoms with van der Waals surface area (Å²) < 4.78 is 18.6. The molecule has 0 aromatic heterocycles. The second-order valence-corrected chi connectivity index (χ2v) is 5.95. The molecule has 21 heavy (non-hydrogen) atoms. The normalized spacial score (nSPS) is 16.0. The number of benzene rings is 1. The molecule has 2 atom stereocenters. The lowest BCUT2D eigenvalue weighted by Crippen LogP contribution is -2.57. The van der Waals surface area contributed by atoms with Gasteiger partial charge in [0.1, 0.15) is 5.82 Å². The van der Waals surface area contributed by atoms with Gasteiger partial charge in [-0.05, 0) is 44.4 Å². The molecular formula is C17H29FN2O. The molecule has 0 spiro atoms. The number of methoxy groups -OCH3 is 1. The molecule has 0 aliphatic rings. The number of nitrogens with two attached hydrogens (primary N) is 1. The summed E-state index contributed by atoms with van der Waals surface area (Å²) >= 11 is 0. The van der Waals surface area contributed by atoms with E-state index in [2.05, 4.69) is 25.7 Å². The Hall–Kier alpha value is -0.970. The van der Waals surface area contributed by atoms with E-state index in [-0.39, 0.29) is 11.4 Å². The summed E-state index contributed by atoms with van der Waals surface area (Å²) in [4.78, 5) is 2.39. The average Bonchev–Trinajstić information content (AvgIpc) is 2.47. The van der Waals surface area contributed by atoms with Crippen molar-refractivity contribution < 1.29 is 9.13 Å². The van der Waals surface area contributed by atoms with Crippen LogP contribution in [0.4, 0.5) is 4.39 Å². The van der Waals surface area contributed by atoms with Crippen LogP contribution in [0.1, 0.15) is 32.8 Å². The maximum atomic E-state index is 13.4. The van der Waals surface area contributed by atoms with Crippen LogP contribution in [0.25, 0.3) is 0 Å². The highest BCUT2D eigenvalue weighted by Crippen LogP contribution is 2.24. The van der Waals surface area contributed by atoms with Crippen LogP contribution in [0, 0.1) is 5.82 Å². The molecule has 120 valence electrons. The Morgan fingerprint density at radius 3 is 2.67 bits per heavy atom. The number of halogens is 1. The van der Waals surface area contributed by atoms with Crippen LogP contribution >= 0.6 is 0 Å². The van der Waals surface area contributed by atoms with Gasteiger partial charge in [0.2, 0.25) is 0 Å². The van der Waals surface area contributed by atoms with Crippen molar-refractivity contribution >= 4 is 0 Å². The van der Waals surface area contributed by atoms with E-state index in [1.807, 2.05) is 6.07 Å². The SMILES string of the molecule is CCC(C)N(CCOC)C(C)(CN)Cc1cccc(F)c1. The maximum absolute atomic E-state index is 13.4. The van der Waals surface area contributed by atoms with Crippen LogP contribution in [0.5, 0.6) is 0 Å². The fraction of sp³-hybridized carbons (Fsp3) is 0.647. The molecule has 0 radical (unpaired) electrons. The van der Waals surface area contributed by atoms with Gasteiger partial charge in [-0.2, -0.15) is 0 Å². The van der Waals surface area contributed by atoms with Crippen molar-refractivity contribution in [2.24, 2.45) is 5.73 Å². The summed E-state index contributed by atoms with van der Waals surface area (Å²) in [6, 6.07) is 7.19. The van der Waals surface area contributed by atoms with E-state index in [0.717, 1.165) is 24.9 Å². The van der Waals surface area contributed by atoms with E-state index in [1.54, 1.807) is 19.2 Å². The third-order valence-electron chi connectivity index (χ3n) is 4.27. The van der Waals surface area contributed by atoms with E-state index < -0.39 is 0 Å². The molecule has 0 aliphatic heterocycles. The molecule has 0 aliphatic carbocycles. The molecule has 0 fully saturated rings. The third kappa shape index (κ3) is 5.06. The quantitative estimate of drug-likeness (QED) is 0.761. The summed E-state index contributed by atoms with van der Waals surface area (Å²) in [5.41, 5.74) is 6.86. The van der Waals surface area contributed by atoms with Crippen molar-refractivity contribution in [2.45, 2.75) is 45.2 Å². The van der Waals surface area contributed by atoms with Crippen molar-refractivity contribution in [3.63, 3.8) is 0 Å². The van der Waals surface area contributed by atoms with Crippen molar-refractivity contribution in [3.05, 3.63) is 35.6 Å². The second-order valence-electron chi connectivity index (χ2n) is 5.95. The lowest BCUT2D eigenvalue weighted by atomic mass is 9.89. The lowest BCUT2D eigenvalue weighted by molar-refractivity contribution is 0.0375. The van der Waals surface area contributed by atoms with Gasteiger partial charge >= 0.3 is 0 Å². The van der Waals surface area contributed by atoms with Crippen LogP contribution in [0.15, 0.2) is 24.3 Å². The van der Waals surface area contributed by atoms with Crippen molar-refractivity contribution in [1.29, 1.82) is 0 Å². The molecule has 2 unspecified atom stereocenters. The minimum absolute atomic E-state index is 0.196. The number of rotatable bonds is 9. The molecule has 0 amide bonds. The Labute approximate surface area is 128 Å². The third-order valence-corrected chi connectivity index (χ3v) is 4.27. The molecule has 1 aromatic rings. The van der Waals surface area contributed by atoms with Gasteiger partial charge in [0.05, 0.1) is 6.61 Å². The Morgan fingerprint density at radius 1 is 1.43 bits per heavy atom. The predicted molar refractivity (Wildman–Crippen MR) is 85.9 cm³/mol. The molecule has 4 heteroatoms. The number of nitrogens with zero attached hydrogens (tertiary/aromatic N) is 1. The monoisotopic (exact) mass is 296 g/mol. The Bertz CT molecular complexity index is 427. The smallest absolute Gasteiger partial charge is 0.123 e. The van der Waals surface area contributed by atoms with Gasteiger partial charge in [-0.1, -0.05) is 19.1 Å². The van der Waals surface area contributed by atoms with Crippen molar-refractivity contribution in [1.82, 2.24) is 4.90 Å². The summed E-state index contributed by atoms with van der Waals surface area (Å²) in [6.07, 6.45) is 1.78. The predicted octanol–water partition coefficient (Wildman–Crippen LogP) is 2.83. The molecule has 0 heterocycles. The van der Waals surface area contributed by atoms with Gasteiger partial charge in [0, 0.05) is 31.8 Å². The van der Waals surface area contributed by atoms with Crippen LogP contribution in [0.3, 0.4) is 0 Å². The topological polar surface area (TPSA) is 38.5 Å². The van der Waals surface area contributed by atoms with Crippen LogP contribution < -0.4 is 5.73 Å². The Kier molecular flexibility index (Phi) is 7.29. The first-order valence-electron chi connectivity index (χ1n) is 7.67. The van der Waals surface area contributed by atoms with Gasteiger partial charge in [0.15, 0.2) is 0 Å². The van der Waals surface area contributed by atoms with Crippen molar-refractivity contribution in [2.75, 3.05) is 26.8 Å². The molecule has 1 rings (SSSR count). The van der Waals surface area contributed by atoms with E-state index in [9.17, 15) is 4.39 Å². The minimum Gasteiger partial charge on any atom is -0.383 e. The molecule has 0 bridgehead atoms. The molecule has 0 saturated heterocycles. The largest absolute Gasteiger partial charge is 0.383 e. The molecule has 0 saturated carbocycles. The number of hydrogen-bond donors (Lipinski definition) is 1. The highest BCUT2D eigenvalue weighted by atomic mass is 19.1. The standard InChI is InChI=1S/C17H29FN2O/c1-5-14(2)20(9-10-21-4)17(3,13-19)12-15-7-6-8-16(18)11-15/h6-8,11,14H,5,9-10,12-13,19H2,1-4H3. The van der Waals surface area contributed by atoms with E-state index in [0.29, 0.717) is 19.2 Å². The fourth-order valence-electron chi connectivity index (χ4n) is 2.81. The highest BCUT2D eigenvalue weighted by molar-refractivity contribution is 5.19. The average molecular weight is 296 g/mol. The van der Waals surface area contributed by atoms with E-state index in [1.165, 1.54) is 6.07 Å². The molecule has 3 nitrogen and oxygen atoms in total. The van der Waals surface area contributed by atoms with Crippen molar-refractivity contribution in [3.8, 4) is 0 Å². The summed E-state index contributed by atoms with van der Waals surface area (Å²) in [7, 11) is 1.71. The Morgan fingerprint density at radius 2 is 2.14 bits per heavy atom. The molecular weight excluding hydrogens is 267 g/mol. The zero-order chi connectivity index (χ0) is 15.9. The van der Waals surface area contributed by atoms with E-state index in [4.69, 9.17) is 10.5 Å². The molecule has 2 N–H and O–H groups in total. The zero-order valence-electron chi connectivity index (χ0n) is 13.7. The van der Waals surface area contributed by atoms with Gasteiger partial charge in [-0.25, -0.2) is 4.39 Å². The zero-order valence-corrected chi connectivity index (χ0v) is 13.7. The highest BCUT2D eigenvalue weighted by Gasteiger charge is 2.33. The van der Waals surface area contributed by atoms with Gasteiger partial charge in [-0.15, -0.1) is 0 Å². The van der Waals surface area contributed by atoms with Crippen LogP contribution in [-0.4, -0.2) is 43.3 Å². The van der Waals surface area contributed by atoms with Crippen LogP contribution in [-0.2, 0) is 11.2 Å². The first-order valence-corrected chi connectivity index (χ1v) is 7.67. The maximum Gasteiger partial charge on any atom is 0.123 e. The second kappa shape index (κ2) is 8.47. The lowest BCUT2D eigenvalue weighted by Gasteiger charge is -2.44. The summed E-state index contributed by atoms with van der Waals surface area (Å²) in [5, 5.41) is 0. The molecule has 1 aromatic carbocycles. The first-order chi connectivity index (χ1) is 9.96. The summed E-state index contributed by atoms with van der Waals surface area (Å²) in [5.74, 6) is -0.196. The van der Waals surface area contributed by atoms with Gasteiger partial charge in [-0.3, -0.25) is 4.90 Å².